The van der Waals surface area contributed by atoms with Gasteiger partial charge in [-0.25, -0.2) is 0 Å². The van der Waals surface area contributed by atoms with Gasteiger partial charge in [-0.2, -0.15) is 5.10 Å². The summed E-state index contributed by atoms with van der Waals surface area (Å²) in [5, 5.41) is 4.15. The minimum absolute atomic E-state index is 0.146. The summed E-state index contributed by atoms with van der Waals surface area (Å²) in [6.45, 7) is 3.09. The monoisotopic (exact) mass is 223 g/mol. The van der Waals surface area contributed by atoms with Crippen LogP contribution in [0.1, 0.15) is 25.5 Å². The van der Waals surface area contributed by atoms with Crippen molar-refractivity contribution in [1.29, 1.82) is 0 Å². The van der Waals surface area contributed by atoms with E-state index in [-0.39, 0.29) is 12.1 Å². The molecule has 0 bridgehead atoms. The first kappa shape index (κ1) is 11.6. The molecule has 0 amide bonds. The Balaban J connectivity index is 1.84. The average molecular weight is 223 g/mol. The molecule has 0 spiro atoms. The van der Waals surface area contributed by atoms with Gasteiger partial charge in [0, 0.05) is 31.6 Å². The van der Waals surface area contributed by atoms with Crippen molar-refractivity contribution in [1.82, 2.24) is 9.78 Å². The maximum Gasteiger partial charge on any atom is 0.0752 e. The fourth-order valence-electron chi connectivity index (χ4n) is 2.39. The molecule has 1 aromatic rings. The number of aromatic nitrogens is 2. The Labute approximate surface area is 96.8 Å². The van der Waals surface area contributed by atoms with E-state index in [0.717, 1.165) is 25.9 Å². The minimum Gasteiger partial charge on any atom is -0.376 e. The van der Waals surface area contributed by atoms with E-state index in [0.29, 0.717) is 5.92 Å². The van der Waals surface area contributed by atoms with Gasteiger partial charge in [0.15, 0.2) is 0 Å². The van der Waals surface area contributed by atoms with Gasteiger partial charge in [-0.3, -0.25) is 4.68 Å². The predicted octanol–water partition coefficient (Wildman–Crippen LogP) is 1.10. The molecule has 1 aromatic heterocycles. The Bertz CT molecular complexity index is 337. The molecule has 3 unspecified atom stereocenters. The molecule has 0 radical (unpaired) electrons. The van der Waals surface area contributed by atoms with Gasteiger partial charge < -0.3 is 10.5 Å². The van der Waals surface area contributed by atoms with E-state index in [9.17, 15) is 0 Å². The van der Waals surface area contributed by atoms with Crippen molar-refractivity contribution in [2.75, 3.05) is 6.61 Å². The zero-order chi connectivity index (χ0) is 11.5. The molecule has 1 aliphatic heterocycles. The minimum atomic E-state index is 0.146. The molecule has 2 rings (SSSR count). The average Bonchev–Trinajstić information content (AvgIpc) is 2.84. The van der Waals surface area contributed by atoms with E-state index < -0.39 is 0 Å². The van der Waals surface area contributed by atoms with Gasteiger partial charge in [-0.05, 0) is 31.2 Å². The summed E-state index contributed by atoms with van der Waals surface area (Å²) in [7, 11) is 1.97. The molecule has 0 aromatic carbocycles. The lowest BCUT2D eigenvalue weighted by Gasteiger charge is -2.22. The smallest absolute Gasteiger partial charge is 0.0752 e. The van der Waals surface area contributed by atoms with Gasteiger partial charge in [0.05, 0.1) is 6.10 Å². The van der Waals surface area contributed by atoms with Gasteiger partial charge in [0.1, 0.15) is 0 Å². The second kappa shape index (κ2) is 4.97. The largest absolute Gasteiger partial charge is 0.376 e. The van der Waals surface area contributed by atoms with Crippen LogP contribution in [0.25, 0.3) is 0 Å². The van der Waals surface area contributed by atoms with Gasteiger partial charge >= 0.3 is 0 Å². The lowest BCUT2D eigenvalue weighted by atomic mass is 9.95. The van der Waals surface area contributed by atoms with Gasteiger partial charge in [-0.1, -0.05) is 6.92 Å². The lowest BCUT2D eigenvalue weighted by molar-refractivity contribution is 0.0701. The van der Waals surface area contributed by atoms with Crippen molar-refractivity contribution in [2.24, 2.45) is 18.7 Å². The molecule has 0 saturated carbocycles. The first-order valence-electron chi connectivity index (χ1n) is 6.02. The van der Waals surface area contributed by atoms with Crippen LogP contribution in [-0.2, 0) is 18.2 Å². The maximum atomic E-state index is 6.18. The highest BCUT2D eigenvalue weighted by atomic mass is 16.5. The Morgan fingerprint density at radius 3 is 3.06 bits per heavy atom. The van der Waals surface area contributed by atoms with Crippen molar-refractivity contribution >= 4 is 0 Å². The van der Waals surface area contributed by atoms with E-state index in [2.05, 4.69) is 12.0 Å². The molecule has 3 atom stereocenters. The molecule has 90 valence electrons. The summed E-state index contributed by atoms with van der Waals surface area (Å²) < 4.78 is 7.59. The number of hydrogen-bond donors (Lipinski definition) is 1. The number of rotatable bonds is 4. The maximum absolute atomic E-state index is 6.18. The zero-order valence-corrected chi connectivity index (χ0v) is 10.1. The Morgan fingerprint density at radius 2 is 2.50 bits per heavy atom. The molecule has 2 heterocycles. The fraction of sp³-hybridized carbons (Fsp3) is 0.750. The van der Waals surface area contributed by atoms with Crippen LogP contribution in [0.4, 0.5) is 0 Å². The van der Waals surface area contributed by atoms with Crippen LogP contribution in [0.2, 0.25) is 0 Å². The molecule has 1 saturated heterocycles. The number of nitrogens with two attached hydrogens (primary N) is 1. The van der Waals surface area contributed by atoms with Crippen LogP contribution in [-0.4, -0.2) is 28.5 Å². The van der Waals surface area contributed by atoms with E-state index in [1.807, 2.05) is 24.0 Å². The van der Waals surface area contributed by atoms with Crippen molar-refractivity contribution in [3.8, 4) is 0 Å². The van der Waals surface area contributed by atoms with E-state index in [1.54, 1.807) is 0 Å². The van der Waals surface area contributed by atoms with Crippen molar-refractivity contribution < 1.29 is 4.74 Å². The number of nitrogens with zero attached hydrogens (tertiary/aromatic N) is 2. The van der Waals surface area contributed by atoms with Crippen molar-refractivity contribution in [3.05, 3.63) is 18.0 Å². The normalized spacial score (nSPS) is 27.2. The molecule has 1 aliphatic rings. The van der Waals surface area contributed by atoms with Gasteiger partial charge in [0.25, 0.3) is 0 Å². The molecule has 4 heteroatoms. The molecule has 2 N–H and O–H groups in total. The highest BCUT2D eigenvalue weighted by Gasteiger charge is 2.29. The third kappa shape index (κ3) is 2.44. The van der Waals surface area contributed by atoms with E-state index in [4.69, 9.17) is 10.5 Å². The zero-order valence-electron chi connectivity index (χ0n) is 10.1. The molecular weight excluding hydrogens is 202 g/mol. The van der Waals surface area contributed by atoms with Crippen LogP contribution < -0.4 is 5.73 Å². The van der Waals surface area contributed by atoms with Crippen LogP contribution >= 0.6 is 0 Å². The van der Waals surface area contributed by atoms with Crippen LogP contribution in [0.15, 0.2) is 12.3 Å². The Hall–Kier alpha value is -0.870. The quantitative estimate of drug-likeness (QED) is 0.831. The topological polar surface area (TPSA) is 53.1 Å². The van der Waals surface area contributed by atoms with Crippen molar-refractivity contribution in [2.45, 2.75) is 38.3 Å². The van der Waals surface area contributed by atoms with Crippen LogP contribution in [0, 0.1) is 5.92 Å². The molecular formula is C12H21N3O. The van der Waals surface area contributed by atoms with Gasteiger partial charge in [0.2, 0.25) is 0 Å². The lowest BCUT2D eigenvalue weighted by Crippen LogP contribution is -2.38. The fourth-order valence-corrected chi connectivity index (χ4v) is 2.39. The van der Waals surface area contributed by atoms with E-state index in [1.165, 1.54) is 5.69 Å². The summed E-state index contributed by atoms with van der Waals surface area (Å²) in [4.78, 5) is 0. The summed E-state index contributed by atoms with van der Waals surface area (Å²) in [6.07, 6.45) is 5.16. The second-order valence-electron chi connectivity index (χ2n) is 4.75. The summed E-state index contributed by atoms with van der Waals surface area (Å²) in [6, 6.07) is 2.19. The number of aryl methyl sites for hydroxylation is 2. The molecule has 16 heavy (non-hydrogen) atoms. The summed E-state index contributed by atoms with van der Waals surface area (Å²) in [5.41, 5.74) is 7.42. The standard InChI is InChI=1S/C12H21N3O/c1-9-6-8-16-12(9)11(13)4-3-10-5-7-14-15(10)2/h5,7,9,11-12H,3-4,6,8,13H2,1-2H3. The third-order valence-electron chi connectivity index (χ3n) is 3.52. The molecule has 4 nitrogen and oxygen atoms in total. The highest BCUT2D eigenvalue weighted by Crippen LogP contribution is 2.23. The van der Waals surface area contributed by atoms with Crippen LogP contribution in [0.5, 0.6) is 0 Å². The van der Waals surface area contributed by atoms with Crippen LogP contribution in [0.3, 0.4) is 0 Å². The SMILES string of the molecule is CC1CCOC1C(N)CCc1ccnn1C. The summed E-state index contributed by atoms with van der Waals surface area (Å²) >= 11 is 0. The van der Waals surface area contributed by atoms with Crippen molar-refractivity contribution in [3.63, 3.8) is 0 Å². The predicted molar refractivity (Wildman–Crippen MR) is 63.0 cm³/mol. The highest BCUT2D eigenvalue weighted by molar-refractivity contribution is 5.01. The molecule has 1 fully saturated rings. The first-order valence-corrected chi connectivity index (χ1v) is 6.02. The molecule has 0 aliphatic carbocycles. The van der Waals surface area contributed by atoms with Gasteiger partial charge in [-0.15, -0.1) is 0 Å². The first-order chi connectivity index (χ1) is 7.68. The summed E-state index contributed by atoms with van der Waals surface area (Å²) in [5.74, 6) is 0.599. The Morgan fingerprint density at radius 1 is 1.69 bits per heavy atom. The Kier molecular flexibility index (Phi) is 3.61. The van der Waals surface area contributed by atoms with E-state index >= 15 is 0 Å². The number of hydrogen-bond acceptors (Lipinski definition) is 3. The number of ether oxygens (including phenoxy) is 1. The third-order valence-corrected chi connectivity index (χ3v) is 3.52. The second-order valence-corrected chi connectivity index (χ2v) is 4.75.